The molecule has 0 aliphatic heterocycles. The third-order valence-corrected chi connectivity index (χ3v) is 5.10. The van der Waals surface area contributed by atoms with Crippen molar-refractivity contribution in [2.24, 2.45) is 7.05 Å². The summed E-state index contributed by atoms with van der Waals surface area (Å²) in [6.07, 6.45) is 2.73. The van der Waals surface area contributed by atoms with E-state index in [1.54, 1.807) is 6.20 Å². The molecule has 0 fully saturated rings. The SMILES string of the molecule is CN(CCNS(C)(=O)=O)c1cc(-c2nc3ccccc3n2C)c(Cl)cn1. The molecule has 1 N–H and O–H groups in total. The number of sulfonamides is 1. The number of hydrogen-bond donors (Lipinski definition) is 1. The monoisotopic (exact) mass is 393 g/mol. The van der Waals surface area contributed by atoms with E-state index in [1.807, 2.05) is 53.9 Å². The Kier molecular flexibility index (Phi) is 5.17. The summed E-state index contributed by atoms with van der Waals surface area (Å²) in [5.74, 6) is 1.44. The standard InChI is InChI=1S/C17H20ClN5O2S/c1-22(9-8-20-26(3,24)25)16-10-12(13(18)11-19-16)17-21-14-6-4-5-7-15(14)23(17)2/h4-7,10-11,20H,8-9H2,1-3H3. The smallest absolute Gasteiger partial charge is 0.208 e. The summed E-state index contributed by atoms with van der Waals surface area (Å²) in [6.45, 7) is 0.769. The zero-order valence-corrected chi connectivity index (χ0v) is 16.3. The minimum Gasteiger partial charge on any atom is -0.358 e. The minimum atomic E-state index is -3.21. The predicted octanol–water partition coefficient (Wildman–Crippen LogP) is 2.27. The van der Waals surface area contributed by atoms with Crippen molar-refractivity contribution in [2.75, 3.05) is 31.3 Å². The molecule has 138 valence electrons. The molecule has 0 spiro atoms. The first-order chi connectivity index (χ1) is 12.3. The van der Waals surface area contributed by atoms with Crippen LogP contribution in [0.4, 0.5) is 5.82 Å². The number of rotatable bonds is 6. The van der Waals surface area contributed by atoms with Gasteiger partial charge in [0, 0.05) is 38.9 Å². The summed E-state index contributed by atoms with van der Waals surface area (Å²) < 4.78 is 26.8. The van der Waals surface area contributed by atoms with Crippen molar-refractivity contribution < 1.29 is 8.42 Å². The second-order valence-corrected chi connectivity index (χ2v) is 8.33. The van der Waals surface area contributed by atoms with Gasteiger partial charge in [-0.3, -0.25) is 0 Å². The third-order valence-electron chi connectivity index (χ3n) is 4.07. The highest BCUT2D eigenvalue weighted by atomic mass is 35.5. The molecule has 9 heteroatoms. The van der Waals surface area contributed by atoms with E-state index in [0.29, 0.717) is 23.9 Å². The van der Waals surface area contributed by atoms with Crippen LogP contribution in [0.15, 0.2) is 36.5 Å². The first-order valence-corrected chi connectivity index (χ1v) is 10.3. The lowest BCUT2D eigenvalue weighted by Crippen LogP contribution is -2.32. The molecular formula is C17H20ClN5O2S. The molecule has 26 heavy (non-hydrogen) atoms. The predicted molar refractivity (Wildman–Crippen MR) is 105 cm³/mol. The van der Waals surface area contributed by atoms with Crippen molar-refractivity contribution in [1.82, 2.24) is 19.3 Å². The van der Waals surface area contributed by atoms with Gasteiger partial charge in [0.15, 0.2) is 0 Å². The number of nitrogens with one attached hydrogen (secondary N) is 1. The van der Waals surface area contributed by atoms with Gasteiger partial charge in [-0.05, 0) is 18.2 Å². The molecule has 1 aromatic carbocycles. The molecule has 0 aliphatic rings. The van der Waals surface area contributed by atoms with E-state index in [4.69, 9.17) is 11.6 Å². The van der Waals surface area contributed by atoms with Gasteiger partial charge in [-0.1, -0.05) is 23.7 Å². The second kappa shape index (κ2) is 7.22. The maximum absolute atomic E-state index is 11.2. The highest BCUT2D eigenvalue weighted by Crippen LogP contribution is 2.31. The number of anilines is 1. The fourth-order valence-corrected chi connectivity index (χ4v) is 3.36. The van der Waals surface area contributed by atoms with E-state index in [0.717, 1.165) is 28.7 Å². The maximum atomic E-state index is 11.2. The van der Waals surface area contributed by atoms with E-state index >= 15 is 0 Å². The zero-order chi connectivity index (χ0) is 18.9. The quantitative estimate of drug-likeness (QED) is 0.694. The summed E-state index contributed by atoms with van der Waals surface area (Å²) in [5.41, 5.74) is 2.69. The van der Waals surface area contributed by atoms with Crippen LogP contribution in [0, 0.1) is 0 Å². The number of likely N-dealkylation sites (N-methyl/N-ethyl adjacent to an activating group) is 1. The van der Waals surface area contributed by atoms with Crippen molar-refractivity contribution in [1.29, 1.82) is 0 Å². The van der Waals surface area contributed by atoms with Crippen molar-refractivity contribution in [2.45, 2.75) is 0 Å². The van der Waals surface area contributed by atoms with Crippen LogP contribution in [-0.4, -0.2) is 49.3 Å². The normalized spacial score (nSPS) is 11.8. The summed E-state index contributed by atoms with van der Waals surface area (Å²) >= 11 is 6.37. The third kappa shape index (κ3) is 3.98. The van der Waals surface area contributed by atoms with Gasteiger partial charge in [-0.15, -0.1) is 0 Å². The fraction of sp³-hybridized carbons (Fsp3) is 0.294. The lowest BCUT2D eigenvalue weighted by molar-refractivity contribution is 0.587. The van der Waals surface area contributed by atoms with Gasteiger partial charge in [-0.2, -0.15) is 0 Å². The molecule has 3 rings (SSSR count). The Labute approximate surface area is 157 Å². The molecule has 0 unspecified atom stereocenters. The molecule has 3 aromatic rings. The van der Waals surface area contributed by atoms with Crippen LogP contribution in [0.5, 0.6) is 0 Å². The van der Waals surface area contributed by atoms with E-state index in [1.165, 1.54) is 0 Å². The number of halogens is 1. The van der Waals surface area contributed by atoms with Crippen molar-refractivity contribution in [3.8, 4) is 11.4 Å². The average molecular weight is 394 g/mol. The molecule has 0 bridgehead atoms. The Morgan fingerprint density at radius 1 is 1.31 bits per heavy atom. The fourth-order valence-electron chi connectivity index (χ4n) is 2.71. The zero-order valence-electron chi connectivity index (χ0n) is 14.8. The Bertz CT molecular complexity index is 1050. The molecular weight excluding hydrogens is 374 g/mol. The first-order valence-electron chi connectivity index (χ1n) is 7.99. The topological polar surface area (TPSA) is 80.1 Å². The summed E-state index contributed by atoms with van der Waals surface area (Å²) in [6, 6.07) is 9.74. The number of nitrogens with zero attached hydrogens (tertiary/aromatic N) is 4. The number of aryl methyl sites for hydroxylation is 1. The van der Waals surface area contributed by atoms with Gasteiger partial charge in [0.25, 0.3) is 0 Å². The summed E-state index contributed by atoms with van der Waals surface area (Å²) in [4.78, 5) is 10.9. The number of benzene rings is 1. The Morgan fingerprint density at radius 3 is 2.73 bits per heavy atom. The highest BCUT2D eigenvalue weighted by Gasteiger charge is 2.15. The van der Waals surface area contributed by atoms with Crippen LogP contribution in [0.2, 0.25) is 5.02 Å². The average Bonchev–Trinajstić information content (AvgIpc) is 2.91. The molecule has 0 amide bonds. The maximum Gasteiger partial charge on any atom is 0.208 e. The Hall–Kier alpha value is -2.16. The lowest BCUT2D eigenvalue weighted by atomic mass is 10.2. The van der Waals surface area contributed by atoms with Gasteiger partial charge in [-0.25, -0.2) is 23.1 Å². The van der Waals surface area contributed by atoms with E-state index in [-0.39, 0.29) is 0 Å². The number of hydrogen-bond acceptors (Lipinski definition) is 5. The lowest BCUT2D eigenvalue weighted by Gasteiger charge is -2.19. The van der Waals surface area contributed by atoms with E-state index < -0.39 is 10.0 Å². The summed E-state index contributed by atoms with van der Waals surface area (Å²) in [5, 5.41) is 0.509. The minimum absolute atomic E-state index is 0.293. The van der Waals surface area contributed by atoms with Crippen LogP contribution >= 0.6 is 11.6 Å². The van der Waals surface area contributed by atoms with Crippen LogP contribution in [-0.2, 0) is 17.1 Å². The van der Waals surface area contributed by atoms with E-state index in [9.17, 15) is 8.42 Å². The van der Waals surface area contributed by atoms with Crippen LogP contribution < -0.4 is 9.62 Å². The van der Waals surface area contributed by atoms with Crippen molar-refractivity contribution >= 4 is 38.5 Å². The van der Waals surface area contributed by atoms with Crippen molar-refractivity contribution in [3.63, 3.8) is 0 Å². The molecule has 2 aromatic heterocycles. The van der Waals surface area contributed by atoms with Crippen LogP contribution in [0.25, 0.3) is 22.4 Å². The molecule has 0 radical (unpaired) electrons. The van der Waals surface area contributed by atoms with Gasteiger partial charge < -0.3 is 9.47 Å². The van der Waals surface area contributed by atoms with Gasteiger partial charge in [0.2, 0.25) is 10.0 Å². The van der Waals surface area contributed by atoms with Crippen LogP contribution in [0.1, 0.15) is 0 Å². The van der Waals surface area contributed by atoms with Gasteiger partial charge in [0.1, 0.15) is 11.6 Å². The first kappa shape index (κ1) is 18.6. The number of para-hydroxylation sites is 2. The molecule has 0 atom stereocenters. The van der Waals surface area contributed by atoms with E-state index in [2.05, 4.69) is 14.7 Å². The second-order valence-electron chi connectivity index (χ2n) is 6.09. The number of pyridine rings is 1. The Balaban J connectivity index is 1.91. The van der Waals surface area contributed by atoms with Crippen molar-refractivity contribution in [3.05, 3.63) is 41.6 Å². The number of fused-ring (bicyclic) bond motifs is 1. The number of aromatic nitrogens is 3. The van der Waals surface area contributed by atoms with Crippen LogP contribution in [0.3, 0.4) is 0 Å². The molecule has 0 saturated heterocycles. The van der Waals surface area contributed by atoms with Gasteiger partial charge in [0.05, 0.1) is 22.3 Å². The molecule has 7 nitrogen and oxygen atoms in total. The molecule has 0 saturated carbocycles. The molecule has 0 aliphatic carbocycles. The van der Waals surface area contributed by atoms with Gasteiger partial charge >= 0.3 is 0 Å². The highest BCUT2D eigenvalue weighted by molar-refractivity contribution is 7.88. The summed E-state index contributed by atoms with van der Waals surface area (Å²) in [7, 11) is 0.580. The number of imidazole rings is 1. The molecule has 2 heterocycles. The Morgan fingerprint density at radius 2 is 2.04 bits per heavy atom. The largest absolute Gasteiger partial charge is 0.358 e.